The lowest BCUT2D eigenvalue weighted by Gasteiger charge is -2.18. The van der Waals surface area contributed by atoms with Gasteiger partial charge in [-0.2, -0.15) is 0 Å². The summed E-state index contributed by atoms with van der Waals surface area (Å²) >= 11 is 0. The molecule has 0 bridgehead atoms. The normalized spacial score (nSPS) is 19.9. The lowest BCUT2D eigenvalue weighted by molar-refractivity contribution is -0.130. The molecule has 10 heteroatoms. The molecule has 200 valence electrons. The van der Waals surface area contributed by atoms with Crippen LogP contribution in [0.2, 0.25) is 0 Å². The minimum Gasteiger partial charge on any atom is -0.493 e. The molecule has 3 aliphatic rings. The molecular weight excluding hydrogens is 492 g/mol. The number of hydrogen-bond donors (Lipinski definition) is 2. The van der Waals surface area contributed by atoms with E-state index >= 15 is 0 Å². The molecule has 1 aliphatic heterocycles. The number of hydrogen-bond acceptors (Lipinski definition) is 5. The van der Waals surface area contributed by atoms with Crippen LogP contribution in [0.3, 0.4) is 0 Å². The van der Waals surface area contributed by atoms with Crippen molar-refractivity contribution < 1.29 is 23.1 Å². The molecule has 0 unspecified atom stereocenters. The average Bonchev–Trinajstić information content (AvgIpc) is 3.81. The van der Waals surface area contributed by atoms with Gasteiger partial charge in [0.05, 0.1) is 23.7 Å². The van der Waals surface area contributed by atoms with Crippen LogP contribution in [0.15, 0.2) is 24.5 Å². The van der Waals surface area contributed by atoms with E-state index in [1.165, 1.54) is 18.5 Å². The van der Waals surface area contributed by atoms with Crippen molar-refractivity contribution in [3.63, 3.8) is 0 Å². The zero-order valence-corrected chi connectivity index (χ0v) is 21.5. The third kappa shape index (κ3) is 4.39. The first-order valence-corrected chi connectivity index (χ1v) is 13.3. The molecule has 3 aromatic rings. The van der Waals surface area contributed by atoms with Crippen molar-refractivity contribution in [2.75, 3.05) is 19.7 Å². The Kier molecular flexibility index (Phi) is 6.07. The smallest absolute Gasteiger partial charge is 0.263 e. The molecule has 6 rings (SSSR count). The summed E-state index contributed by atoms with van der Waals surface area (Å²) in [5.41, 5.74) is 2.57. The first kappa shape index (κ1) is 24.8. The van der Waals surface area contributed by atoms with E-state index in [1.54, 1.807) is 13.0 Å². The fourth-order valence-corrected chi connectivity index (χ4v) is 5.57. The molecule has 1 saturated heterocycles. The molecule has 1 spiro atoms. The van der Waals surface area contributed by atoms with Crippen molar-refractivity contribution in [1.82, 2.24) is 25.2 Å². The van der Waals surface area contributed by atoms with E-state index in [0.717, 1.165) is 25.7 Å². The second-order valence-corrected chi connectivity index (χ2v) is 10.9. The van der Waals surface area contributed by atoms with Crippen LogP contribution in [0.4, 0.5) is 8.78 Å². The fourth-order valence-electron chi connectivity index (χ4n) is 5.57. The molecule has 3 fully saturated rings. The van der Waals surface area contributed by atoms with E-state index in [4.69, 9.17) is 4.74 Å². The van der Waals surface area contributed by atoms with Gasteiger partial charge in [0, 0.05) is 41.7 Å². The van der Waals surface area contributed by atoms with E-state index in [2.05, 4.69) is 20.3 Å². The summed E-state index contributed by atoms with van der Waals surface area (Å²) in [6.07, 6.45) is 3.31. The second-order valence-electron chi connectivity index (χ2n) is 10.9. The Balaban J connectivity index is 1.34. The van der Waals surface area contributed by atoms with Crippen LogP contribution in [-0.2, 0) is 4.79 Å². The average molecular weight is 524 g/mol. The SMILES string of the molecule is CCC(=O)N1C[C@@H](NC(=O)c2c(C)[nH]c3c(-c4cc(C(F)F)ccc4OCC4CC4)ncnc23)C2(CC2)C1. The van der Waals surface area contributed by atoms with Crippen LogP contribution >= 0.6 is 0 Å². The number of fused-ring (bicyclic) bond motifs is 1. The van der Waals surface area contributed by atoms with E-state index in [1.807, 2.05) is 11.8 Å². The number of carbonyl (C=O) groups excluding carboxylic acids is 2. The number of amides is 2. The number of halogens is 2. The summed E-state index contributed by atoms with van der Waals surface area (Å²) in [4.78, 5) is 39.8. The van der Waals surface area contributed by atoms with Crippen molar-refractivity contribution in [1.29, 1.82) is 0 Å². The molecule has 2 aromatic heterocycles. The largest absolute Gasteiger partial charge is 0.493 e. The number of alkyl halides is 2. The van der Waals surface area contributed by atoms with Gasteiger partial charge in [-0.1, -0.05) is 6.92 Å². The number of aromatic amines is 1. The quantitative estimate of drug-likeness (QED) is 0.442. The van der Waals surface area contributed by atoms with E-state index in [-0.39, 0.29) is 28.8 Å². The monoisotopic (exact) mass is 523 g/mol. The van der Waals surface area contributed by atoms with Gasteiger partial charge in [0.1, 0.15) is 23.3 Å². The first-order valence-electron chi connectivity index (χ1n) is 13.3. The van der Waals surface area contributed by atoms with Gasteiger partial charge in [-0.15, -0.1) is 0 Å². The number of benzene rings is 1. The molecule has 3 heterocycles. The first-order chi connectivity index (χ1) is 18.3. The highest BCUT2D eigenvalue weighted by molar-refractivity contribution is 6.09. The van der Waals surface area contributed by atoms with E-state index < -0.39 is 6.43 Å². The maximum Gasteiger partial charge on any atom is 0.263 e. The van der Waals surface area contributed by atoms with E-state index in [0.29, 0.717) is 71.3 Å². The Morgan fingerprint density at radius 3 is 2.74 bits per heavy atom. The molecule has 0 radical (unpaired) electrons. The number of rotatable bonds is 8. The van der Waals surface area contributed by atoms with Crippen molar-refractivity contribution >= 4 is 22.8 Å². The molecule has 1 atom stereocenters. The summed E-state index contributed by atoms with van der Waals surface area (Å²) < 4.78 is 33.2. The number of nitrogens with zero attached hydrogens (tertiary/aromatic N) is 3. The summed E-state index contributed by atoms with van der Waals surface area (Å²) in [5.74, 6) is 0.785. The molecule has 1 aromatic carbocycles. The minimum atomic E-state index is -2.64. The molecule has 2 aliphatic carbocycles. The summed E-state index contributed by atoms with van der Waals surface area (Å²) in [6.45, 7) is 5.33. The third-order valence-corrected chi connectivity index (χ3v) is 8.18. The number of aryl methyl sites for hydroxylation is 1. The fraction of sp³-hybridized carbons (Fsp3) is 0.500. The predicted molar refractivity (Wildman–Crippen MR) is 137 cm³/mol. The van der Waals surface area contributed by atoms with Crippen LogP contribution < -0.4 is 10.1 Å². The molecular formula is C28H31F2N5O3. The highest BCUT2D eigenvalue weighted by atomic mass is 19.3. The third-order valence-electron chi connectivity index (χ3n) is 8.18. The van der Waals surface area contributed by atoms with Gasteiger partial charge in [0.25, 0.3) is 12.3 Å². The molecule has 8 nitrogen and oxygen atoms in total. The lowest BCUT2D eigenvalue weighted by atomic mass is 10.00. The predicted octanol–water partition coefficient (Wildman–Crippen LogP) is 4.79. The van der Waals surface area contributed by atoms with Crippen LogP contribution in [0, 0.1) is 18.3 Å². The zero-order valence-electron chi connectivity index (χ0n) is 21.5. The topological polar surface area (TPSA) is 100 Å². The summed E-state index contributed by atoms with van der Waals surface area (Å²) in [5, 5.41) is 3.17. The molecule has 38 heavy (non-hydrogen) atoms. The summed E-state index contributed by atoms with van der Waals surface area (Å²) in [7, 11) is 0. The van der Waals surface area contributed by atoms with Gasteiger partial charge >= 0.3 is 0 Å². The lowest BCUT2D eigenvalue weighted by Crippen LogP contribution is -2.42. The highest BCUT2D eigenvalue weighted by Crippen LogP contribution is 2.53. The highest BCUT2D eigenvalue weighted by Gasteiger charge is 2.56. The van der Waals surface area contributed by atoms with Gasteiger partial charge in [0.2, 0.25) is 5.91 Å². The van der Waals surface area contributed by atoms with Gasteiger partial charge in [-0.05, 0) is 56.7 Å². The van der Waals surface area contributed by atoms with Crippen molar-refractivity contribution in [3.8, 4) is 17.0 Å². The summed E-state index contributed by atoms with van der Waals surface area (Å²) in [6, 6.07) is 4.21. The molecule has 2 N–H and O–H groups in total. The van der Waals surface area contributed by atoms with Crippen LogP contribution in [0.25, 0.3) is 22.3 Å². The Hall–Kier alpha value is -3.56. The van der Waals surface area contributed by atoms with Gasteiger partial charge < -0.3 is 19.9 Å². The maximum atomic E-state index is 13.6. The number of H-pyrrole nitrogens is 1. The van der Waals surface area contributed by atoms with E-state index in [9.17, 15) is 18.4 Å². The Bertz CT molecular complexity index is 1410. The van der Waals surface area contributed by atoms with Crippen molar-refractivity contribution in [3.05, 3.63) is 41.3 Å². The molecule has 2 saturated carbocycles. The Morgan fingerprint density at radius 1 is 1.26 bits per heavy atom. The number of ether oxygens (including phenoxy) is 1. The Morgan fingerprint density at radius 2 is 2.05 bits per heavy atom. The number of likely N-dealkylation sites (tertiary alicyclic amines) is 1. The zero-order chi connectivity index (χ0) is 26.6. The van der Waals surface area contributed by atoms with Gasteiger partial charge in [-0.3, -0.25) is 9.59 Å². The van der Waals surface area contributed by atoms with Gasteiger partial charge in [0.15, 0.2) is 0 Å². The Labute approximate surface area is 219 Å². The number of nitrogens with one attached hydrogen (secondary N) is 2. The maximum absolute atomic E-state index is 13.6. The molecule has 2 amide bonds. The van der Waals surface area contributed by atoms with Crippen molar-refractivity contribution in [2.24, 2.45) is 11.3 Å². The van der Waals surface area contributed by atoms with Crippen LogP contribution in [0.1, 0.15) is 67.1 Å². The van der Waals surface area contributed by atoms with Crippen molar-refractivity contribution in [2.45, 2.75) is 58.4 Å². The van der Waals surface area contributed by atoms with Gasteiger partial charge in [-0.25, -0.2) is 18.7 Å². The minimum absolute atomic E-state index is 0.0514. The number of aromatic nitrogens is 3. The second kappa shape index (κ2) is 9.32. The van der Waals surface area contributed by atoms with Crippen LogP contribution in [-0.4, -0.2) is 57.4 Å². The van der Waals surface area contributed by atoms with Crippen LogP contribution in [0.5, 0.6) is 5.75 Å². The number of carbonyl (C=O) groups is 2. The standard InChI is InChI=1S/C28H31F2N5O3/c1-3-21(36)35-11-20(28(13-35)8-9-28)34-27(37)22-15(2)33-25-23(31-14-32-24(22)25)18-10-17(26(29)30)6-7-19(18)38-12-16-4-5-16/h6-7,10,14,16,20,26,33H,3-5,8-9,11-13H2,1-2H3,(H,34,37)/t20-/m1/s1.